The van der Waals surface area contributed by atoms with Crippen LogP contribution in [0, 0.1) is 11.8 Å². The van der Waals surface area contributed by atoms with E-state index in [9.17, 15) is 14.4 Å². The van der Waals surface area contributed by atoms with E-state index in [0.29, 0.717) is 31.1 Å². The molecule has 4 rings (SSSR count). The van der Waals surface area contributed by atoms with E-state index in [0.717, 1.165) is 23.2 Å². The number of para-hydroxylation sites is 1. The molecule has 10 nitrogen and oxygen atoms in total. The highest BCUT2D eigenvalue weighted by atomic mass is 35.5. The number of aromatic nitrogens is 4. The van der Waals surface area contributed by atoms with Crippen molar-refractivity contribution in [2.24, 2.45) is 0 Å². The minimum atomic E-state index is -0.597. The number of rotatable bonds is 6. The summed E-state index contributed by atoms with van der Waals surface area (Å²) in [4.78, 5) is 46.8. The maximum Gasteiger partial charge on any atom is 0.337 e. The molecule has 1 aliphatic heterocycles. The van der Waals surface area contributed by atoms with Gasteiger partial charge in [0.05, 0.1) is 12.2 Å². The predicted octanol–water partition coefficient (Wildman–Crippen LogP) is 0.512. The van der Waals surface area contributed by atoms with Gasteiger partial charge in [-0.25, -0.2) is 9.36 Å². The summed E-state index contributed by atoms with van der Waals surface area (Å²) in [5, 5.41) is 5.87. The molecule has 186 valence electrons. The number of likely N-dealkylation sites (N-methyl/N-ethyl adjacent to an activating group) is 1. The van der Waals surface area contributed by atoms with Crippen LogP contribution >= 0.6 is 12.4 Å². The molecule has 2 aromatic heterocycles. The molecule has 1 saturated heterocycles. The summed E-state index contributed by atoms with van der Waals surface area (Å²) in [6, 6.07) is 7.31. The van der Waals surface area contributed by atoms with Crippen LogP contribution < -0.4 is 26.8 Å². The number of aryl methyl sites for hydroxylation is 1. The lowest BCUT2D eigenvalue weighted by Gasteiger charge is -2.28. The summed E-state index contributed by atoms with van der Waals surface area (Å²) in [7, 11) is 1.51. The fourth-order valence-corrected chi connectivity index (χ4v) is 4.25. The zero-order valence-corrected chi connectivity index (χ0v) is 20.9. The van der Waals surface area contributed by atoms with Gasteiger partial charge in [0.2, 0.25) is 11.9 Å². The lowest BCUT2D eigenvalue weighted by molar-refractivity contribution is -0.121. The van der Waals surface area contributed by atoms with Crippen molar-refractivity contribution in [3.63, 3.8) is 0 Å². The van der Waals surface area contributed by atoms with Crippen molar-refractivity contribution in [1.82, 2.24) is 29.3 Å². The van der Waals surface area contributed by atoms with Gasteiger partial charge >= 0.3 is 5.69 Å². The molecule has 2 N–H and O–H groups in total. The number of carbonyl (C=O) groups is 1. The number of amides is 1. The maximum absolute atomic E-state index is 13.9. The fourth-order valence-electron chi connectivity index (χ4n) is 4.25. The number of nitrogens with zero attached hydrogens (tertiary/aromatic N) is 5. The number of hydrogen-bond donors (Lipinski definition) is 2. The molecule has 3 aromatic rings. The van der Waals surface area contributed by atoms with Gasteiger partial charge in [-0.2, -0.15) is 4.98 Å². The second-order valence-electron chi connectivity index (χ2n) is 8.00. The number of anilines is 1. The molecule has 0 bridgehead atoms. The molecule has 1 fully saturated rings. The van der Waals surface area contributed by atoms with E-state index < -0.39 is 11.2 Å². The van der Waals surface area contributed by atoms with E-state index in [1.807, 2.05) is 19.1 Å². The van der Waals surface area contributed by atoms with Gasteiger partial charge < -0.3 is 15.5 Å². The fraction of sp³-hybridized carbons (Fsp3) is 0.417. The minimum absolute atomic E-state index is 0. The van der Waals surface area contributed by atoms with Crippen LogP contribution in [0.2, 0.25) is 0 Å². The second-order valence-corrected chi connectivity index (χ2v) is 8.00. The molecule has 35 heavy (non-hydrogen) atoms. The Balaban J connectivity index is 0.00000342. The Kier molecular flexibility index (Phi) is 8.38. The van der Waals surface area contributed by atoms with E-state index in [4.69, 9.17) is 4.98 Å². The number of halogens is 1. The number of benzene rings is 1. The molecule has 1 aromatic carbocycles. The topological polar surface area (TPSA) is 106 Å². The zero-order valence-electron chi connectivity index (χ0n) is 20.1. The molecule has 11 heteroatoms. The van der Waals surface area contributed by atoms with E-state index in [2.05, 4.69) is 27.4 Å². The smallest absolute Gasteiger partial charge is 0.337 e. The number of hydrogen-bond acceptors (Lipinski definition) is 6. The van der Waals surface area contributed by atoms with Gasteiger partial charge in [0.1, 0.15) is 6.54 Å². The Morgan fingerprint density at radius 1 is 1.17 bits per heavy atom. The van der Waals surface area contributed by atoms with Crippen LogP contribution in [0.1, 0.15) is 19.4 Å². The average molecular weight is 500 g/mol. The molecule has 0 atom stereocenters. The van der Waals surface area contributed by atoms with Crippen molar-refractivity contribution >= 4 is 35.4 Å². The third-order valence-electron chi connectivity index (χ3n) is 6.02. The summed E-state index contributed by atoms with van der Waals surface area (Å²) < 4.78 is 4.21. The van der Waals surface area contributed by atoms with Crippen LogP contribution in [-0.4, -0.2) is 57.8 Å². The Morgan fingerprint density at radius 3 is 2.54 bits per heavy atom. The molecule has 0 saturated carbocycles. The van der Waals surface area contributed by atoms with Crippen molar-refractivity contribution < 1.29 is 4.79 Å². The Bertz CT molecular complexity index is 1400. The predicted molar refractivity (Wildman–Crippen MR) is 139 cm³/mol. The molecular weight excluding hydrogens is 470 g/mol. The van der Waals surface area contributed by atoms with Crippen LogP contribution in [0.4, 0.5) is 5.95 Å². The number of imidazole rings is 1. The van der Waals surface area contributed by atoms with Gasteiger partial charge in [-0.1, -0.05) is 31.0 Å². The first kappa shape index (κ1) is 26.1. The summed E-state index contributed by atoms with van der Waals surface area (Å²) in [5.41, 5.74) is 0.738. The van der Waals surface area contributed by atoms with Crippen molar-refractivity contribution in [3.8, 4) is 17.5 Å². The standard InChI is InChI=1S/C24H29N7O3.ClH/c1-4-6-13-29-20-21(27-23(29)28-14-11-26-12-15-28)30(16-19(32)25-3)24(34)31(22(20)33)18-10-8-7-9-17(18)5-2;/h7-10,26H,5,11-16H2,1-3H3,(H,25,32);1H. The van der Waals surface area contributed by atoms with Crippen LogP contribution in [0.5, 0.6) is 0 Å². The molecule has 3 heterocycles. The van der Waals surface area contributed by atoms with Crippen molar-refractivity contribution in [3.05, 3.63) is 50.7 Å². The van der Waals surface area contributed by atoms with E-state index in [1.54, 1.807) is 23.6 Å². The zero-order chi connectivity index (χ0) is 24.2. The van der Waals surface area contributed by atoms with Gasteiger partial charge in [0.15, 0.2) is 11.2 Å². The number of carbonyl (C=O) groups excluding carboxylic acids is 1. The van der Waals surface area contributed by atoms with Gasteiger partial charge in [-0.05, 0) is 25.0 Å². The second kappa shape index (κ2) is 11.3. The number of nitrogens with one attached hydrogen (secondary N) is 2. The molecule has 0 radical (unpaired) electrons. The summed E-state index contributed by atoms with van der Waals surface area (Å²) in [5.74, 6) is 6.13. The van der Waals surface area contributed by atoms with Crippen LogP contribution in [0.15, 0.2) is 33.9 Å². The Morgan fingerprint density at radius 2 is 1.89 bits per heavy atom. The summed E-state index contributed by atoms with van der Waals surface area (Å²) >= 11 is 0. The highest BCUT2D eigenvalue weighted by Gasteiger charge is 2.26. The summed E-state index contributed by atoms with van der Waals surface area (Å²) in [6.07, 6.45) is 0.641. The van der Waals surface area contributed by atoms with E-state index in [1.165, 1.54) is 11.6 Å². The largest absolute Gasteiger partial charge is 0.358 e. The lowest BCUT2D eigenvalue weighted by atomic mass is 10.1. The maximum atomic E-state index is 13.9. The average Bonchev–Trinajstić information content (AvgIpc) is 3.25. The SMILES string of the molecule is CC#CCn1c(N2CCNCC2)nc2c1c(=O)n(-c1ccccc1CC)c(=O)n2CC(=O)NC.Cl. The van der Waals surface area contributed by atoms with Crippen molar-refractivity contribution in [2.45, 2.75) is 33.4 Å². The van der Waals surface area contributed by atoms with Crippen molar-refractivity contribution in [1.29, 1.82) is 0 Å². The van der Waals surface area contributed by atoms with Gasteiger partial charge in [-0.3, -0.25) is 18.7 Å². The Labute approximate surface area is 209 Å². The molecule has 0 aliphatic carbocycles. The lowest BCUT2D eigenvalue weighted by Crippen LogP contribution is -2.44. The molecule has 1 amide bonds. The molecule has 1 aliphatic rings. The van der Waals surface area contributed by atoms with Crippen LogP contribution in [0.3, 0.4) is 0 Å². The first-order chi connectivity index (χ1) is 16.5. The Hall–Kier alpha value is -3.55. The van der Waals surface area contributed by atoms with Crippen LogP contribution in [0.25, 0.3) is 16.9 Å². The first-order valence-electron chi connectivity index (χ1n) is 11.4. The molecule has 0 unspecified atom stereocenters. The monoisotopic (exact) mass is 499 g/mol. The number of piperazine rings is 1. The summed E-state index contributed by atoms with van der Waals surface area (Å²) in [6.45, 7) is 6.66. The van der Waals surface area contributed by atoms with Crippen molar-refractivity contribution in [2.75, 3.05) is 38.1 Å². The van der Waals surface area contributed by atoms with E-state index >= 15 is 0 Å². The van der Waals surface area contributed by atoms with Gasteiger partial charge in [0, 0.05) is 33.2 Å². The van der Waals surface area contributed by atoms with Crippen LogP contribution in [-0.2, 0) is 24.3 Å². The van der Waals surface area contributed by atoms with Gasteiger partial charge in [-0.15, -0.1) is 18.3 Å². The van der Waals surface area contributed by atoms with Gasteiger partial charge in [0.25, 0.3) is 5.56 Å². The highest BCUT2D eigenvalue weighted by Crippen LogP contribution is 2.21. The third-order valence-corrected chi connectivity index (χ3v) is 6.02. The highest BCUT2D eigenvalue weighted by molar-refractivity contribution is 5.85. The normalized spacial score (nSPS) is 13.2. The minimum Gasteiger partial charge on any atom is -0.358 e. The quantitative estimate of drug-likeness (QED) is 0.479. The molecular formula is C24H30ClN7O3. The van der Waals surface area contributed by atoms with E-state index in [-0.39, 0.29) is 42.6 Å². The molecule has 0 spiro atoms. The third kappa shape index (κ3) is 4.83. The first-order valence-corrected chi connectivity index (χ1v) is 11.4. The number of fused-ring (bicyclic) bond motifs is 1.